The lowest BCUT2D eigenvalue weighted by Gasteiger charge is -2.42. The number of carbonyl (C=O) groups is 7. The topological polar surface area (TPSA) is 384 Å². The van der Waals surface area contributed by atoms with Gasteiger partial charge in [0.25, 0.3) is 0 Å². The number of nitrogens with two attached hydrogens (primary N) is 2. The zero-order chi connectivity index (χ0) is 56.1. The zero-order valence-corrected chi connectivity index (χ0v) is 42.5. The minimum absolute atomic E-state index is 0.0109. The summed E-state index contributed by atoms with van der Waals surface area (Å²) in [6.07, 6.45) is -0.387. The molecule has 5 aromatic rings. The Morgan fingerprint density at radius 2 is 1.30 bits per heavy atom. The number of aromatic hydroxyl groups is 4. The maximum atomic E-state index is 15.3. The molecule has 16 N–H and O–H groups in total. The third kappa shape index (κ3) is 10.6. The van der Waals surface area contributed by atoms with Crippen molar-refractivity contribution in [2.75, 3.05) is 6.54 Å². The highest BCUT2D eigenvalue weighted by Crippen LogP contribution is 2.48. The van der Waals surface area contributed by atoms with Gasteiger partial charge in [-0.15, -0.1) is 0 Å². The number of nitrogens with one attached hydrogen (secondary N) is 6. The molecule has 5 aromatic carbocycles. The van der Waals surface area contributed by atoms with Gasteiger partial charge in [-0.25, -0.2) is 0 Å². The fourth-order valence-corrected chi connectivity index (χ4v) is 11.5. The van der Waals surface area contributed by atoms with Crippen LogP contribution in [-0.4, -0.2) is 103 Å². The number of halogens is 1. The average Bonchev–Trinajstić information content (AvgIpc) is 3.42. The van der Waals surface area contributed by atoms with Gasteiger partial charge < -0.3 is 83.5 Å². The van der Waals surface area contributed by atoms with E-state index in [1.54, 1.807) is 0 Å². The number of rotatable bonds is 4. The Morgan fingerprint density at radius 3 is 2.04 bits per heavy atom. The van der Waals surface area contributed by atoms with Crippen LogP contribution in [0.5, 0.6) is 46.0 Å². The summed E-state index contributed by atoms with van der Waals surface area (Å²) in [6, 6.07) is 4.82. The van der Waals surface area contributed by atoms with Crippen LogP contribution >= 0.6 is 11.6 Å². The summed E-state index contributed by atoms with van der Waals surface area (Å²) in [7, 11) is 0. The molecule has 3 unspecified atom stereocenters. The number of ketones is 1. The Labute approximate surface area is 454 Å². The minimum Gasteiger partial charge on any atom is -0.508 e. The van der Waals surface area contributed by atoms with E-state index in [4.69, 9.17) is 32.5 Å². The van der Waals surface area contributed by atoms with E-state index in [1.807, 2.05) is 0 Å². The maximum Gasteiger partial charge on any atom is 0.248 e. The number of Topliss-reactive ketones (excluding diaryl/α,β-unsaturated/α-hetero) is 1. The number of fused-ring (bicyclic) bond motifs is 16. The normalized spacial score (nSPS) is 27.0. The van der Waals surface area contributed by atoms with Crippen molar-refractivity contribution < 1.29 is 73.7 Å². The molecule has 0 radical (unpaired) electrons. The fourth-order valence-electron chi connectivity index (χ4n) is 11.2. The van der Waals surface area contributed by atoms with Gasteiger partial charge in [0.1, 0.15) is 77.2 Å². The second-order valence-corrected chi connectivity index (χ2v) is 20.7. The van der Waals surface area contributed by atoms with Gasteiger partial charge in [0.15, 0.2) is 17.3 Å². The molecule has 1 saturated carbocycles. The number of aliphatic hydroxyl groups excluding tert-OH is 2. The molecule has 6 aliphatic heterocycles. The van der Waals surface area contributed by atoms with Gasteiger partial charge in [0.05, 0.1) is 17.5 Å². The molecular weight excluding hydrogens is 1050 g/mol. The molecule has 6 amide bonds. The molecule has 0 spiro atoms. The first-order valence-electron chi connectivity index (χ1n) is 25.4. The summed E-state index contributed by atoms with van der Waals surface area (Å²) in [5.41, 5.74) is 10.6. The summed E-state index contributed by atoms with van der Waals surface area (Å²) in [5.74, 6) is -11.1. The zero-order valence-electron chi connectivity index (χ0n) is 41.8. The SMILES string of the molecule is NC(=O)C[C@@H]1NC(=O)[C@H](N)[C@H](O)c2ccc(c(Cl)c2)Oc2cc3cc(c2O)Oc2ccc(cc2)[C@@H](O)[C@@H]2NC(=O)[C@H](NC(=O)[C@@H]3NC1=O)c1ccc(O)c(c1)-c1c(O)cc(O)cc1[C@@H](C(=O)C1NCCC3CCCCC31)NC2=O. The standard InChI is InChI=1S/C55H55ClN8O15/c56-32-16-25-8-12-36(32)79-38-18-26-17-37(49(38)71)78-28-9-5-23(6-10-28)48(70)46-55(77)63-45(50(72)44-29-4-2-1-3-22(29)13-14-59-44)31-19-27(65)20-35(67)40(31)30-15-24(7-11-34(30)66)42(53(75)64-46)62-54(76)43(26)61-51(73)33(21-39(57)68)60-52(74)41(58)47(25)69/h5-12,15-20,22,29,33,41-48,59,65-67,69-71H,1-4,13-14,21,58H2,(H2,57,68)(H,60,74)(H,61,73)(H,62,76)(H,63,77)(H,64,75)/t22?,29?,33-,41+,42+,43+,44?,45-,46-,47+,48+/m0/s1. The second-order valence-electron chi connectivity index (χ2n) is 20.3. The highest BCUT2D eigenvalue weighted by atomic mass is 35.5. The number of amides is 6. The van der Waals surface area contributed by atoms with Crippen LogP contribution in [0.3, 0.4) is 0 Å². The molecule has 11 bridgehead atoms. The lowest BCUT2D eigenvalue weighted by Crippen LogP contribution is -2.58. The third-order valence-corrected chi connectivity index (χ3v) is 15.6. The van der Waals surface area contributed by atoms with Crippen LogP contribution in [0.4, 0.5) is 0 Å². The maximum absolute atomic E-state index is 15.3. The number of phenols is 4. The van der Waals surface area contributed by atoms with Crippen molar-refractivity contribution in [2.24, 2.45) is 23.3 Å². The van der Waals surface area contributed by atoms with E-state index in [-0.39, 0.29) is 67.3 Å². The molecular formula is C55H55ClN8O15. The van der Waals surface area contributed by atoms with Gasteiger partial charge in [-0.1, -0.05) is 55.1 Å². The molecule has 7 aliphatic rings. The summed E-state index contributed by atoms with van der Waals surface area (Å²) >= 11 is 6.63. The van der Waals surface area contributed by atoms with Crippen molar-refractivity contribution in [3.8, 4) is 57.1 Å². The molecule has 1 saturated heterocycles. The van der Waals surface area contributed by atoms with Gasteiger partial charge >= 0.3 is 0 Å². The summed E-state index contributed by atoms with van der Waals surface area (Å²) in [6.45, 7) is 0.473. The fraction of sp³-hybridized carbons (Fsp3) is 0.327. The van der Waals surface area contributed by atoms with Crippen LogP contribution in [0.1, 0.15) is 96.7 Å². The lowest BCUT2D eigenvalue weighted by molar-refractivity contribution is -0.137. The van der Waals surface area contributed by atoms with Gasteiger partial charge in [-0.05, 0) is 114 Å². The van der Waals surface area contributed by atoms with Crippen LogP contribution in [0.2, 0.25) is 5.02 Å². The predicted molar refractivity (Wildman–Crippen MR) is 278 cm³/mol. The van der Waals surface area contributed by atoms with E-state index < -0.39 is 137 Å². The average molecular weight is 1100 g/mol. The van der Waals surface area contributed by atoms with Crippen molar-refractivity contribution in [1.29, 1.82) is 0 Å². The first kappa shape index (κ1) is 53.9. The monoisotopic (exact) mass is 1100 g/mol. The number of ether oxygens (including phenoxy) is 2. The molecule has 1 aliphatic carbocycles. The lowest BCUT2D eigenvalue weighted by atomic mass is 9.69. The van der Waals surface area contributed by atoms with E-state index in [1.165, 1.54) is 54.6 Å². The van der Waals surface area contributed by atoms with Crippen LogP contribution in [0, 0.1) is 11.8 Å². The van der Waals surface area contributed by atoms with E-state index in [0.29, 0.717) is 13.0 Å². The number of phenolic OH excluding ortho intramolecular Hbond substituents is 4. The smallest absolute Gasteiger partial charge is 0.248 e. The van der Waals surface area contributed by atoms with Crippen LogP contribution in [0.25, 0.3) is 11.1 Å². The Morgan fingerprint density at radius 1 is 0.633 bits per heavy atom. The summed E-state index contributed by atoms with van der Waals surface area (Å²) < 4.78 is 12.3. The first-order chi connectivity index (χ1) is 37.7. The first-order valence-corrected chi connectivity index (χ1v) is 25.8. The molecule has 79 heavy (non-hydrogen) atoms. The number of benzene rings is 5. The molecule has 12 rings (SSSR count). The van der Waals surface area contributed by atoms with Gasteiger partial charge in [0.2, 0.25) is 41.2 Å². The van der Waals surface area contributed by atoms with Crippen molar-refractivity contribution >= 4 is 52.8 Å². The van der Waals surface area contributed by atoms with Crippen LogP contribution in [-0.2, 0) is 33.6 Å². The van der Waals surface area contributed by atoms with Gasteiger partial charge in [0, 0.05) is 17.2 Å². The largest absolute Gasteiger partial charge is 0.508 e. The summed E-state index contributed by atoms with van der Waals surface area (Å²) in [4.78, 5) is 102. The Bertz CT molecular complexity index is 3320. The van der Waals surface area contributed by atoms with E-state index in [2.05, 4.69) is 31.9 Å². The Hall–Kier alpha value is -8.48. The summed E-state index contributed by atoms with van der Waals surface area (Å²) in [5, 5.41) is 85.6. The van der Waals surface area contributed by atoms with E-state index in [9.17, 15) is 45.0 Å². The van der Waals surface area contributed by atoms with Crippen LogP contribution in [0.15, 0.2) is 84.9 Å². The number of hydrogen-bond donors (Lipinski definition) is 14. The van der Waals surface area contributed by atoms with Crippen molar-refractivity contribution in [2.45, 2.75) is 93.0 Å². The highest BCUT2D eigenvalue weighted by molar-refractivity contribution is 6.32. The highest BCUT2D eigenvalue weighted by Gasteiger charge is 2.45. The number of primary amides is 1. The number of carbonyl (C=O) groups excluding carboxylic acids is 7. The Kier molecular flexibility index (Phi) is 14.8. The molecule has 6 heterocycles. The van der Waals surface area contributed by atoms with Crippen molar-refractivity contribution in [3.05, 3.63) is 118 Å². The molecule has 0 aromatic heterocycles. The number of piperidine rings is 1. The molecule has 23 nitrogen and oxygen atoms in total. The van der Waals surface area contributed by atoms with E-state index >= 15 is 19.2 Å². The predicted octanol–water partition coefficient (Wildman–Crippen LogP) is 2.60. The third-order valence-electron chi connectivity index (χ3n) is 15.3. The molecule has 412 valence electrons. The Balaban J connectivity index is 1.17. The van der Waals surface area contributed by atoms with Crippen molar-refractivity contribution in [3.63, 3.8) is 0 Å². The number of aliphatic hydroxyl groups is 2. The van der Waals surface area contributed by atoms with Gasteiger partial charge in [-0.2, -0.15) is 0 Å². The van der Waals surface area contributed by atoms with Gasteiger partial charge in [-0.3, -0.25) is 33.6 Å². The number of hydrogen-bond acceptors (Lipinski definition) is 17. The molecule has 24 heteroatoms. The minimum atomic E-state index is -2.04. The van der Waals surface area contributed by atoms with Crippen molar-refractivity contribution in [1.82, 2.24) is 31.9 Å². The van der Waals surface area contributed by atoms with E-state index in [0.717, 1.165) is 56.0 Å². The second kappa shape index (κ2) is 21.7. The molecule has 2 fully saturated rings. The quantitative estimate of drug-likeness (QED) is 0.123. The molecule has 11 atom stereocenters. The van der Waals surface area contributed by atoms with Crippen LogP contribution < -0.4 is 52.8 Å².